The lowest BCUT2D eigenvalue weighted by atomic mass is 9.96. The number of rotatable bonds is 13. The SMILES string of the molecule is C=CC=O.CCCCCCCc1ccc(C(=O)C=Cc2cc(C)c(C(=O)O)c(C)c2OC(C)C)cc1. The number of aromatic carboxylic acids is 1. The molecule has 0 saturated heterocycles. The summed E-state index contributed by atoms with van der Waals surface area (Å²) in [4.78, 5) is 33.4. The van der Waals surface area contributed by atoms with Crippen LogP contribution in [-0.4, -0.2) is 29.2 Å². The summed E-state index contributed by atoms with van der Waals surface area (Å²) in [6.07, 6.45) is 12.3. The van der Waals surface area contributed by atoms with Gasteiger partial charge in [-0.3, -0.25) is 9.59 Å². The molecule has 2 aromatic carbocycles. The standard InChI is InChI=1S/C28H36O4.C3H4O/c1-6-7-8-9-10-11-22-12-14-23(15-13-22)25(29)17-16-24-18-20(4)26(28(30)31)21(5)27(24)32-19(2)3;1-2-3-4/h12-19H,6-11H2,1-5H3,(H,30,31);2-3H,1H2. The zero-order valence-electron chi connectivity index (χ0n) is 22.3. The van der Waals surface area contributed by atoms with Crippen LogP contribution in [0, 0.1) is 13.8 Å². The van der Waals surface area contributed by atoms with Crippen molar-refractivity contribution in [2.75, 3.05) is 0 Å². The Morgan fingerprint density at radius 2 is 1.67 bits per heavy atom. The first-order chi connectivity index (χ1) is 17.2. The lowest BCUT2D eigenvalue weighted by Crippen LogP contribution is -2.12. The molecule has 0 fully saturated rings. The summed E-state index contributed by atoms with van der Waals surface area (Å²) in [7, 11) is 0. The average Bonchev–Trinajstić information content (AvgIpc) is 2.84. The van der Waals surface area contributed by atoms with E-state index < -0.39 is 5.97 Å². The third-order valence-electron chi connectivity index (χ3n) is 5.63. The van der Waals surface area contributed by atoms with E-state index in [0.29, 0.717) is 34.3 Å². The van der Waals surface area contributed by atoms with Crippen LogP contribution in [0.15, 0.2) is 49.1 Å². The summed E-state index contributed by atoms with van der Waals surface area (Å²) in [5.74, 6) is -0.566. The lowest BCUT2D eigenvalue weighted by Gasteiger charge is -2.18. The number of ether oxygens (including phenoxy) is 1. The number of aldehydes is 1. The Morgan fingerprint density at radius 1 is 1.06 bits per heavy atom. The molecule has 0 saturated carbocycles. The van der Waals surface area contributed by atoms with Crippen LogP contribution >= 0.6 is 0 Å². The van der Waals surface area contributed by atoms with Crippen LogP contribution in [-0.2, 0) is 11.2 Å². The molecule has 0 radical (unpaired) electrons. The third-order valence-corrected chi connectivity index (χ3v) is 5.63. The quantitative estimate of drug-likeness (QED) is 0.135. The fourth-order valence-electron chi connectivity index (χ4n) is 3.87. The monoisotopic (exact) mass is 492 g/mol. The van der Waals surface area contributed by atoms with Gasteiger partial charge in [0.05, 0.1) is 11.7 Å². The number of ketones is 1. The minimum Gasteiger partial charge on any atom is -0.490 e. The Morgan fingerprint density at radius 3 is 2.19 bits per heavy atom. The molecule has 36 heavy (non-hydrogen) atoms. The van der Waals surface area contributed by atoms with E-state index in [2.05, 4.69) is 13.5 Å². The Balaban J connectivity index is 0.00000150. The van der Waals surface area contributed by atoms with Crippen molar-refractivity contribution in [3.63, 3.8) is 0 Å². The van der Waals surface area contributed by atoms with Gasteiger partial charge in [-0.2, -0.15) is 0 Å². The zero-order chi connectivity index (χ0) is 27.1. The van der Waals surface area contributed by atoms with Gasteiger partial charge in [0.25, 0.3) is 0 Å². The second-order valence-electron chi connectivity index (χ2n) is 9.01. The molecule has 0 aliphatic heterocycles. The number of hydrogen-bond donors (Lipinski definition) is 1. The summed E-state index contributed by atoms with van der Waals surface area (Å²) in [5, 5.41) is 9.55. The molecule has 0 spiro atoms. The number of carbonyl (C=O) groups is 3. The van der Waals surface area contributed by atoms with Gasteiger partial charge < -0.3 is 9.84 Å². The Bertz CT molecular complexity index is 1040. The van der Waals surface area contributed by atoms with Gasteiger partial charge in [-0.15, -0.1) is 0 Å². The molecule has 2 rings (SSSR count). The van der Waals surface area contributed by atoms with Crippen LogP contribution in [0.25, 0.3) is 6.08 Å². The van der Waals surface area contributed by atoms with Gasteiger partial charge >= 0.3 is 5.97 Å². The van der Waals surface area contributed by atoms with Crippen LogP contribution in [0.1, 0.15) is 95.8 Å². The summed E-state index contributed by atoms with van der Waals surface area (Å²) in [6.45, 7) is 12.6. The number of carboxylic acid groups (broad SMARTS) is 1. The fraction of sp³-hybridized carbons (Fsp3) is 0.387. The van der Waals surface area contributed by atoms with E-state index in [1.54, 1.807) is 26.0 Å². The Labute approximate surface area is 215 Å². The maximum Gasteiger partial charge on any atom is 0.336 e. The van der Waals surface area contributed by atoms with E-state index in [4.69, 9.17) is 9.53 Å². The van der Waals surface area contributed by atoms with Crippen LogP contribution in [0.4, 0.5) is 0 Å². The molecule has 0 unspecified atom stereocenters. The Hall–Kier alpha value is -3.47. The molecule has 5 nitrogen and oxygen atoms in total. The molecule has 0 aliphatic rings. The van der Waals surface area contributed by atoms with Crippen molar-refractivity contribution in [3.05, 3.63) is 82.4 Å². The molecule has 0 amide bonds. The normalized spacial score (nSPS) is 10.6. The molecule has 1 N–H and O–H groups in total. The second-order valence-corrected chi connectivity index (χ2v) is 9.01. The molecule has 194 valence electrons. The van der Waals surface area contributed by atoms with E-state index >= 15 is 0 Å². The molecule has 2 aromatic rings. The minimum absolute atomic E-state index is 0.0902. The molecule has 0 heterocycles. The minimum atomic E-state index is -0.981. The first kappa shape index (κ1) is 30.6. The van der Waals surface area contributed by atoms with Crippen molar-refractivity contribution in [2.24, 2.45) is 0 Å². The van der Waals surface area contributed by atoms with E-state index in [-0.39, 0.29) is 17.5 Å². The number of benzene rings is 2. The van der Waals surface area contributed by atoms with Crippen molar-refractivity contribution in [2.45, 2.75) is 79.2 Å². The molecule has 0 aliphatic carbocycles. The Kier molecular flexibility index (Phi) is 13.8. The summed E-state index contributed by atoms with van der Waals surface area (Å²) < 4.78 is 5.91. The predicted molar refractivity (Wildman–Crippen MR) is 147 cm³/mol. The van der Waals surface area contributed by atoms with Crippen LogP contribution in [0.2, 0.25) is 0 Å². The third kappa shape index (κ3) is 10.0. The van der Waals surface area contributed by atoms with Crippen molar-refractivity contribution in [1.82, 2.24) is 0 Å². The first-order valence-electron chi connectivity index (χ1n) is 12.6. The first-order valence-corrected chi connectivity index (χ1v) is 12.6. The van der Waals surface area contributed by atoms with Gasteiger partial charge in [0.2, 0.25) is 0 Å². The largest absolute Gasteiger partial charge is 0.490 e. The smallest absolute Gasteiger partial charge is 0.336 e. The second kappa shape index (κ2) is 16.2. The summed E-state index contributed by atoms with van der Waals surface area (Å²) in [5.41, 5.74) is 4.05. The molecule has 0 atom stereocenters. The fourth-order valence-corrected chi connectivity index (χ4v) is 3.87. The number of aryl methyl sites for hydroxylation is 2. The molecule has 5 heteroatoms. The van der Waals surface area contributed by atoms with Crippen LogP contribution in [0.3, 0.4) is 0 Å². The number of unbranched alkanes of at least 4 members (excludes halogenated alkanes) is 4. The molecule has 0 aromatic heterocycles. The number of hydrogen-bond acceptors (Lipinski definition) is 4. The predicted octanol–water partition coefficient (Wildman–Crippen LogP) is 7.57. The zero-order valence-corrected chi connectivity index (χ0v) is 22.3. The van der Waals surface area contributed by atoms with E-state index in [0.717, 1.165) is 6.42 Å². The number of allylic oxidation sites excluding steroid dienone is 2. The van der Waals surface area contributed by atoms with Crippen LogP contribution in [0.5, 0.6) is 5.75 Å². The highest BCUT2D eigenvalue weighted by atomic mass is 16.5. The van der Waals surface area contributed by atoms with Crippen LogP contribution < -0.4 is 4.74 Å². The topological polar surface area (TPSA) is 80.7 Å². The molecular formula is C31H40O5. The summed E-state index contributed by atoms with van der Waals surface area (Å²) in [6, 6.07) is 9.58. The van der Waals surface area contributed by atoms with Gasteiger partial charge in [0, 0.05) is 16.7 Å². The average molecular weight is 493 g/mol. The highest BCUT2D eigenvalue weighted by Gasteiger charge is 2.19. The maximum atomic E-state index is 12.7. The maximum absolute atomic E-state index is 12.7. The number of carbonyl (C=O) groups excluding carboxylic acids is 2. The van der Waals surface area contributed by atoms with Gasteiger partial charge in [-0.25, -0.2) is 4.79 Å². The summed E-state index contributed by atoms with van der Waals surface area (Å²) >= 11 is 0. The van der Waals surface area contributed by atoms with Gasteiger partial charge in [-0.05, 0) is 76.0 Å². The number of carboxylic acids is 1. The van der Waals surface area contributed by atoms with Gasteiger partial charge in [0.15, 0.2) is 5.78 Å². The van der Waals surface area contributed by atoms with E-state index in [1.165, 1.54) is 49.8 Å². The highest BCUT2D eigenvalue weighted by molar-refractivity contribution is 6.07. The molecule has 0 bridgehead atoms. The van der Waals surface area contributed by atoms with Crippen molar-refractivity contribution in [1.29, 1.82) is 0 Å². The highest BCUT2D eigenvalue weighted by Crippen LogP contribution is 2.31. The van der Waals surface area contributed by atoms with Crippen molar-refractivity contribution >= 4 is 24.1 Å². The van der Waals surface area contributed by atoms with Crippen molar-refractivity contribution < 1.29 is 24.2 Å². The van der Waals surface area contributed by atoms with Crippen molar-refractivity contribution in [3.8, 4) is 5.75 Å². The van der Waals surface area contributed by atoms with E-state index in [9.17, 15) is 14.7 Å². The van der Waals surface area contributed by atoms with Gasteiger partial charge in [0.1, 0.15) is 12.0 Å². The van der Waals surface area contributed by atoms with E-state index in [1.807, 2.05) is 38.1 Å². The van der Waals surface area contributed by atoms with Gasteiger partial charge in [-0.1, -0.05) is 63.5 Å². The molecular weight excluding hydrogens is 452 g/mol. The lowest BCUT2D eigenvalue weighted by molar-refractivity contribution is -0.104.